The fourth-order valence-corrected chi connectivity index (χ4v) is 1.69. The van der Waals surface area contributed by atoms with E-state index in [1.165, 1.54) is 6.39 Å². The second-order valence-electron chi connectivity index (χ2n) is 4.73. The topological polar surface area (TPSA) is 80.0 Å². The van der Waals surface area contributed by atoms with E-state index in [0.717, 1.165) is 11.3 Å². The molecule has 0 saturated heterocycles. The van der Waals surface area contributed by atoms with E-state index in [1.807, 2.05) is 38.1 Å². The van der Waals surface area contributed by atoms with Gasteiger partial charge in [0.05, 0.1) is 0 Å². The zero-order chi connectivity index (χ0) is 14.4. The van der Waals surface area contributed by atoms with Gasteiger partial charge in [0.2, 0.25) is 18.2 Å². The molecule has 0 unspecified atom stereocenters. The van der Waals surface area contributed by atoms with Crippen LogP contribution in [0.2, 0.25) is 0 Å². The molecule has 20 heavy (non-hydrogen) atoms. The number of rotatable bonds is 6. The number of anilines is 1. The molecule has 1 aromatic heterocycles. The van der Waals surface area contributed by atoms with Crippen LogP contribution in [0.25, 0.3) is 11.5 Å². The zero-order valence-electron chi connectivity index (χ0n) is 11.6. The van der Waals surface area contributed by atoms with Gasteiger partial charge < -0.3 is 15.1 Å². The predicted molar refractivity (Wildman–Crippen MR) is 76.1 cm³/mol. The Bertz CT molecular complexity index is 535. The van der Waals surface area contributed by atoms with Crippen LogP contribution in [0.15, 0.2) is 35.1 Å². The molecule has 0 aliphatic heterocycles. The summed E-state index contributed by atoms with van der Waals surface area (Å²) in [4.78, 5) is 11.7. The second-order valence-corrected chi connectivity index (χ2v) is 4.73. The van der Waals surface area contributed by atoms with Crippen molar-refractivity contribution in [3.8, 4) is 11.5 Å². The largest absolute Gasteiger partial charge is 0.423 e. The van der Waals surface area contributed by atoms with Crippen molar-refractivity contribution in [1.29, 1.82) is 0 Å². The number of amides is 1. The molecule has 2 aromatic rings. The summed E-state index contributed by atoms with van der Waals surface area (Å²) in [6.45, 7) is 4.77. The first kappa shape index (κ1) is 14.2. The highest BCUT2D eigenvalue weighted by Crippen LogP contribution is 2.18. The minimum absolute atomic E-state index is 0.0105. The number of hydrogen-bond donors (Lipinski definition) is 2. The average Bonchev–Trinajstić information content (AvgIpc) is 2.93. The van der Waals surface area contributed by atoms with Crippen molar-refractivity contribution in [1.82, 2.24) is 15.5 Å². The predicted octanol–water partition coefficient (Wildman–Crippen LogP) is 2.06. The van der Waals surface area contributed by atoms with E-state index in [9.17, 15) is 4.79 Å². The van der Waals surface area contributed by atoms with E-state index < -0.39 is 0 Å². The molecule has 0 aliphatic rings. The molecular formula is C14H18N4O2. The van der Waals surface area contributed by atoms with Gasteiger partial charge in [-0.3, -0.25) is 4.79 Å². The molecule has 0 bridgehead atoms. The maximum Gasteiger partial charge on any atom is 0.247 e. The van der Waals surface area contributed by atoms with Gasteiger partial charge in [-0.05, 0) is 24.3 Å². The first-order chi connectivity index (χ1) is 9.65. The number of hydrogen-bond acceptors (Lipinski definition) is 5. The standard InChI is InChI=1S/C14H18N4O2/c1-10(2)15-8-7-13(19)17-12-5-3-11(4-6-12)14-18-16-9-20-14/h3-6,9-10,15H,7-8H2,1-2H3,(H,17,19). The molecule has 0 spiro atoms. The molecular weight excluding hydrogens is 256 g/mol. The van der Waals surface area contributed by atoms with Crippen molar-refractivity contribution in [3.63, 3.8) is 0 Å². The highest BCUT2D eigenvalue weighted by Gasteiger charge is 2.05. The lowest BCUT2D eigenvalue weighted by Gasteiger charge is -2.08. The molecule has 0 fully saturated rings. The van der Waals surface area contributed by atoms with Crippen LogP contribution in [0, 0.1) is 0 Å². The Hall–Kier alpha value is -2.21. The van der Waals surface area contributed by atoms with Crippen molar-refractivity contribution in [2.24, 2.45) is 0 Å². The number of carbonyl (C=O) groups excluding carboxylic acids is 1. The van der Waals surface area contributed by atoms with E-state index in [4.69, 9.17) is 4.42 Å². The minimum Gasteiger partial charge on any atom is -0.423 e. The first-order valence-electron chi connectivity index (χ1n) is 6.55. The molecule has 0 aliphatic carbocycles. The van der Waals surface area contributed by atoms with Gasteiger partial charge in [-0.25, -0.2) is 0 Å². The molecule has 2 N–H and O–H groups in total. The van der Waals surface area contributed by atoms with Crippen LogP contribution in [0.4, 0.5) is 5.69 Å². The van der Waals surface area contributed by atoms with E-state index in [-0.39, 0.29) is 5.91 Å². The van der Waals surface area contributed by atoms with Crippen LogP contribution < -0.4 is 10.6 Å². The van der Waals surface area contributed by atoms with Gasteiger partial charge in [0, 0.05) is 30.3 Å². The van der Waals surface area contributed by atoms with Gasteiger partial charge in [0.15, 0.2) is 0 Å². The van der Waals surface area contributed by atoms with E-state index in [1.54, 1.807) is 0 Å². The SMILES string of the molecule is CC(C)NCCC(=O)Nc1ccc(-c2nnco2)cc1. The van der Waals surface area contributed by atoms with Crippen LogP contribution in [0.3, 0.4) is 0 Å². The third-order valence-corrected chi connectivity index (χ3v) is 2.68. The number of carbonyl (C=O) groups is 1. The van der Waals surface area contributed by atoms with Crippen LogP contribution in [0.5, 0.6) is 0 Å². The Labute approximate surface area is 117 Å². The van der Waals surface area contributed by atoms with Crippen molar-refractivity contribution < 1.29 is 9.21 Å². The number of nitrogens with zero attached hydrogens (tertiary/aromatic N) is 2. The molecule has 1 amide bonds. The fourth-order valence-electron chi connectivity index (χ4n) is 1.69. The van der Waals surface area contributed by atoms with Crippen LogP contribution in [0.1, 0.15) is 20.3 Å². The monoisotopic (exact) mass is 274 g/mol. The van der Waals surface area contributed by atoms with Gasteiger partial charge in [0.1, 0.15) is 0 Å². The Kier molecular flexibility index (Phi) is 4.84. The first-order valence-corrected chi connectivity index (χ1v) is 6.55. The number of aromatic nitrogens is 2. The maximum absolute atomic E-state index is 11.7. The van der Waals surface area contributed by atoms with Crippen molar-refractivity contribution in [2.75, 3.05) is 11.9 Å². The van der Waals surface area contributed by atoms with Gasteiger partial charge in [-0.1, -0.05) is 13.8 Å². The third-order valence-electron chi connectivity index (χ3n) is 2.68. The summed E-state index contributed by atoms with van der Waals surface area (Å²) in [5.41, 5.74) is 1.57. The van der Waals surface area contributed by atoms with Gasteiger partial charge in [-0.15, -0.1) is 10.2 Å². The minimum atomic E-state index is -0.0105. The number of benzene rings is 1. The average molecular weight is 274 g/mol. The smallest absolute Gasteiger partial charge is 0.247 e. The summed E-state index contributed by atoms with van der Waals surface area (Å²) in [5, 5.41) is 13.5. The van der Waals surface area contributed by atoms with E-state index in [2.05, 4.69) is 20.8 Å². The lowest BCUT2D eigenvalue weighted by molar-refractivity contribution is -0.116. The molecule has 6 heteroatoms. The van der Waals surface area contributed by atoms with Gasteiger partial charge in [0.25, 0.3) is 0 Å². The normalized spacial score (nSPS) is 10.8. The summed E-state index contributed by atoms with van der Waals surface area (Å²) in [6, 6.07) is 7.67. The summed E-state index contributed by atoms with van der Waals surface area (Å²) >= 11 is 0. The number of nitrogens with one attached hydrogen (secondary N) is 2. The van der Waals surface area contributed by atoms with Crippen molar-refractivity contribution in [2.45, 2.75) is 26.3 Å². The molecule has 106 valence electrons. The summed E-state index contributed by atoms with van der Waals surface area (Å²) in [7, 11) is 0. The van der Waals surface area contributed by atoms with E-state index >= 15 is 0 Å². The maximum atomic E-state index is 11.7. The Balaban J connectivity index is 1.86. The quantitative estimate of drug-likeness (QED) is 0.842. The molecule has 1 heterocycles. The van der Waals surface area contributed by atoms with Crippen LogP contribution in [-0.2, 0) is 4.79 Å². The van der Waals surface area contributed by atoms with Crippen LogP contribution >= 0.6 is 0 Å². The lowest BCUT2D eigenvalue weighted by Crippen LogP contribution is -2.27. The Morgan fingerprint density at radius 2 is 2.05 bits per heavy atom. The lowest BCUT2D eigenvalue weighted by atomic mass is 10.2. The molecule has 0 atom stereocenters. The van der Waals surface area contributed by atoms with Crippen LogP contribution in [-0.4, -0.2) is 28.7 Å². The Morgan fingerprint density at radius 1 is 1.30 bits per heavy atom. The molecule has 0 saturated carbocycles. The second kappa shape index (κ2) is 6.81. The summed E-state index contributed by atoms with van der Waals surface area (Å²) in [6.07, 6.45) is 1.73. The highest BCUT2D eigenvalue weighted by atomic mass is 16.4. The fraction of sp³-hybridized carbons (Fsp3) is 0.357. The third kappa shape index (κ3) is 4.17. The molecule has 6 nitrogen and oxygen atoms in total. The van der Waals surface area contributed by atoms with Gasteiger partial charge >= 0.3 is 0 Å². The van der Waals surface area contributed by atoms with E-state index in [0.29, 0.717) is 24.9 Å². The molecule has 1 aromatic carbocycles. The van der Waals surface area contributed by atoms with Crippen molar-refractivity contribution >= 4 is 11.6 Å². The highest BCUT2D eigenvalue weighted by molar-refractivity contribution is 5.91. The van der Waals surface area contributed by atoms with Crippen molar-refractivity contribution in [3.05, 3.63) is 30.7 Å². The summed E-state index contributed by atoms with van der Waals surface area (Å²) in [5.74, 6) is 0.452. The Morgan fingerprint density at radius 3 is 2.65 bits per heavy atom. The zero-order valence-corrected chi connectivity index (χ0v) is 11.6. The van der Waals surface area contributed by atoms with Gasteiger partial charge in [-0.2, -0.15) is 0 Å². The summed E-state index contributed by atoms with van der Waals surface area (Å²) < 4.78 is 5.10. The molecule has 2 rings (SSSR count). The molecule has 0 radical (unpaired) electrons.